The Morgan fingerprint density at radius 1 is 1.21 bits per heavy atom. The van der Waals surface area contributed by atoms with Gasteiger partial charge in [0.1, 0.15) is 11.3 Å². The third-order valence-electron chi connectivity index (χ3n) is 3.70. The van der Waals surface area contributed by atoms with Crippen LogP contribution < -0.4 is 16.2 Å². The van der Waals surface area contributed by atoms with Gasteiger partial charge in [0.05, 0.1) is 9.85 Å². The second-order valence-electron chi connectivity index (χ2n) is 5.63. The molecule has 0 spiro atoms. The number of aromatic nitrogens is 2. The lowest BCUT2D eigenvalue weighted by Crippen LogP contribution is -2.30. The van der Waals surface area contributed by atoms with E-state index in [4.69, 9.17) is 11.6 Å². The van der Waals surface area contributed by atoms with Crippen LogP contribution in [-0.2, 0) is 0 Å². The molecule has 0 bridgehead atoms. The van der Waals surface area contributed by atoms with Crippen LogP contribution in [0, 0.1) is 20.2 Å². The molecule has 1 unspecified atom stereocenters. The first-order valence-corrected chi connectivity index (χ1v) is 8.38. The van der Waals surface area contributed by atoms with Crippen LogP contribution in [0.3, 0.4) is 0 Å². The number of hydrogen-bond acceptors (Lipinski definition) is 9. The molecule has 0 aliphatic carbocycles. The summed E-state index contributed by atoms with van der Waals surface area (Å²) in [6.45, 7) is 3.73. The molecule has 0 fully saturated rings. The minimum Gasteiger partial charge on any atom is -0.362 e. The molecule has 0 saturated heterocycles. The number of nitrogens with zero attached hydrogens (tertiary/aromatic N) is 4. The van der Waals surface area contributed by atoms with Crippen molar-refractivity contribution in [3.05, 3.63) is 55.3 Å². The number of hydrazine groups is 1. The van der Waals surface area contributed by atoms with E-state index in [1.165, 1.54) is 12.1 Å². The van der Waals surface area contributed by atoms with Crippen LogP contribution in [0.5, 0.6) is 0 Å². The smallest absolute Gasteiger partial charge is 0.354 e. The Labute approximate surface area is 163 Å². The Morgan fingerprint density at radius 2 is 1.89 bits per heavy atom. The normalized spacial score (nSPS) is 11.4. The minimum absolute atomic E-state index is 0.00627. The predicted molar refractivity (Wildman–Crippen MR) is 101 cm³/mol. The number of rotatable bonds is 8. The Bertz CT molecular complexity index is 924. The molecule has 3 N–H and O–H groups in total. The van der Waals surface area contributed by atoms with Gasteiger partial charge in [-0.3, -0.25) is 35.9 Å². The lowest BCUT2D eigenvalue weighted by molar-refractivity contribution is -0.384. The number of nitro benzene ring substituents is 1. The van der Waals surface area contributed by atoms with Crippen molar-refractivity contribution in [2.75, 3.05) is 10.7 Å². The maximum atomic E-state index is 12.2. The van der Waals surface area contributed by atoms with Crippen molar-refractivity contribution in [2.24, 2.45) is 0 Å². The number of nitrogens with one attached hydrogen (secondary N) is 3. The van der Waals surface area contributed by atoms with Crippen molar-refractivity contribution >= 4 is 40.5 Å². The lowest BCUT2D eigenvalue weighted by Gasteiger charge is -2.14. The summed E-state index contributed by atoms with van der Waals surface area (Å²) >= 11 is 5.71. The fraction of sp³-hybridized carbons (Fsp3) is 0.267. The van der Waals surface area contributed by atoms with E-state index in [0.29, 0.717) is 6.42 Å². The average molecular weight is 410 g/mol. The number of carbonyl (C=O) groups excluding carboxylic acids is 1. The van der Waals surface area contributed by atoms with E-state index >= 15 is 0 Å². The van der Waals surface area contributed by atoms with E-state index in [2.05, 4.69) is 26.1 Å². The van der Waals surface area contributed by atoms with Crippen molar-refractivity contribution < 1.29 is 14.6 Å². The average Bonchev–Trinajstić information content (AvgIpc) is 2.65. The Morgan fingerprint density at radius 3 is 2.50 bits per heavy atom. The van der Waals surface area contributed by atoms with Gasteiger partial charge in [-0.15, -0.1) is 0 Å². The van der Waals surface area contributed by atoms with Crippen molar-refractivity contribution in [3.63, 3.8) is 0 Å². The monoisotopic (exact) mass is 409 g/mol. The maximum absolute atomic E-state index is 12.2. The van der Waals surface area contributed by atoms with Gasteiger partial charge in [-0.25, -0.2) is 9.97 Å². The van der Waals surface area contributed by atoms with Crippen LogP contribution in [0.25, 0.3) is 0 Å². The van der Waals surface area contributed by atoms with Gasteiger partial charge >= 0.3 is 5.69 Å². The third-order valence-corrected chi connectivity index (χ3v) is 4.02. The van der Waals surface area contributed by atoms with Crippen LogP contribution in [-0.4, -0.2) is 31.8 Å². The lowest BCUT2D eigenvalue weighted by atomic mass is 10.2. The zero-order chi connectivity index (χ0) is 20.8. The Kier molecular flexibility index (Phi) is 6.60. The van der Waals surface area contributed by atoms with E-state index in [0.717, 1.165) is 12.4 Å². The zero-order valence-electron chi connectivity index (χ0n) is 14.8. The summed E-state index contributed by atoms with van der Waals surface area (Å²) in [4.78, 5) is 40.8. The van der Waals surface area contributed by atoms with E-state index in [-0.39, 0.29) is 28.3 Å². The molecule has 1 heterocycles. The number of nitro groups is 2. The maximum Gasteiger partial charge on any atom is 0.354 e. The van der Waals surface area contributed by atoms with E-state index in [1.807, 2.05) is 13.8 Å². The highest BCUT2D eigenvalue weighted by atomic mass is 35.5. The first-order chi connectivity index (χ1) is 13.2. The molecule has 1 aromatic carbocycles. The topological polar surface area (TPSA) is 165 Å². The summed E-state index contributed by atoms with van der Waals surface area (Å²) in [5.74, 6) is -1.03. The number of amides is 1. The van der Waals surface area contributed by atoms with Crippen LogP contribution >= 0.6 is 11.6 Å². The van der Waals surface area contributed by atoms with Gasteiger partial charge in [0, 0.05) is 17.7 Å². The number of halogens is 1. The summed E-state index contributed by atoms with van der Waals surface area (Å²) in [6.07, 6.45) is 1.80. The molecule has 2 rings (SSSR count). The number of anilines is 2. The van der Waals surface area contributed by atoms with Crippen molar-refractivity contribution in [2.45, 2.75) is 26.3 Å². The molecule has 0 aliphatic heterocycles. The minimum atomic E-state index is -0.774. The standard InChI is InChI=1S/C15H16ClN7O5/c1-3-8(2)19-13-12(23(27)28)14(18-7-17-13)20-21-15(24)9-4-5-10(16)11(6-9)22(25)26/h4-8H,3H2,1-2H3,(H,21,24)(H2,17,18,19,20). The quantitative estimate of drug-likeness (QED) is 0.438. The molecular formula is C15H16ClN7O5. The van der Waals surface area contributed by atoms with E-state index in [9.17, 15) is 25.0 Å². The second kappa shape index (κ2) is 8.90. The number of hydrogen-bond donors (Lipinski definition) is 3. The summed E-state index contributed by atoms with van der Waals surface area (Å²) in [5.41, 5.74) is 3.60. The molecule has 12 nitrogen and oxygen atoms in total. The molecule has 1 atom stereocenters. The SMILES string of the molecule is CCC(C)Nc1ncnc(NNC(=O)c2ccc(Cl)c([N+](=O)[O-])c2)c1[N+](=O)[O-]. The summed E-state index contributed by atoms with van der Waals surface area (Å²) in [7, 11) is 0. The first-order valence-electron chi connectivity index (χ1n) is 8.00. The van der Waals surface area contributed by atoms with Crippen molar-refractivity contribution in [1.82, 2.24) is 15.4 Å². The zero-order valence-corrected chi connectivity index (χ0v) is 15.6. The fourth-order valence-corrected chi connectivity index (χ4v) is 2.25. The van der Waals surface area contributed by atoms with Gasteiger partial charge in [-0.2, -0.15) is 0 Å². The highest BCUT2D eigenvalue weighted by Gasteiger charge is 2.24. The van der Waals surface area contributed by atoms with Gasteiger partial charge in [0.25, 0.3) is 11.6 Å². The van der Waals surface area contributed by atoms with Gasteiger partial charge in [0.15, 0.2) is 0 Å². The molecule has 148 valence electrons. The summed E-state index contributed by atoms with van der Waals surface area (Å²) in [6, 6.07) is 3.39. The van der Waals surface area contributed by atoms with Gasteiger partial charge < -0.3 is 5.32 Å². The highest BCUT2D eigenvalue weighted by Crippen LogP contribution is 2.29. The van der Waals surface area contributed by atoms with Gasteiger partial charge in [-0.05, 0) is 25.5 Å². The molecule has 0 aliphatic rings. The molecule has 0 radical (unpaired) electrons. The van der Waals surface area contributed by atoms with Gasteiger partial charge in [0.2, 0.25) is 11.6 Å². The van der Waals surface area contributed by atoms with Gasteiger partial charge in [-0.1, -0.05) is 18.5 Å². The molecule has 28 heavy (non-hydrogen) atoms. The summed E-state index contributed by atoms with van der Waals surface area (Å²) < 4.78 is 0. The molecule has 2 aromatic rings. The van der Waals surface area contributed by atoms with E-state index in [1.54, 1.807) is 0 Å². The van der Waals surface area contributed by atoms with Crippen LogP contribution in [0.4, 0.5) is 23.0 Å². The van der Waals surface area contributed by atoms with Crippen LogP contribution in [0.1, 0.15) is 30.6 Å². The number of benzene rings is 1. The predicted octanol–water partition coefficient (Wildman–Crippen LogP) is 2.91. The number of carbonyl (C=O) groups is 1. The largest absolute Gasteiger partial charge is 0.362 e. The summed E-state index contributed by atoms with van der Waals surface area (Å²) in [5, 5.41) is 25.1. The third kappa shape index (κ3) is 4.79. The van der Waals surface area contributed by atoms with Crippen molar-refractivity contribution in [1.29, 1.82) is 0 Å². The second-order valence-corrected chi connectivity index (χ2v) is 6.04. The Balaban J connectivity index is 2.23. The molecular weight excluding hydrogens is 394 g/mol. The Hall–Kier alpha value is -3.54. The fourth-order valence-electron chi connectivity index (χ4n) is 2.07. The highest BCUT2D eigenvalue weighted by molar-refractivity contribution is 6.32. The molecule has 0 saturated carbocycles. The first kappa shape index (κ1) is 20.8. The van der Waals surface area contributed by atoms with Crippen LogP contribution in [0.15, 0.2) is 24.5 Å². The molecule has 1 aromatic heterocycles. The molecule has 1 amide bonds. The van der Waals surface area contributed by atoms with Crippen LogP contribution in [0.2, 0.25) is 5.02 Å². The van der Waals surface area contributed by atoms with E-state index < -0.39 is 27.1 Å². The molecule has 13 heteroatoms. The van der Waals surface area contributed by atoms with Crippen molar-refractivity contribution in [3.8, 4) is 0 Å².